The maximum Gasteiger partial charge on any atom is 0.257 e. The summed E-state index contributed by atoms with van der Waals surface area (Å²) in [5.74, 6) is -2.04. The average molecular weight is 306 g/mol. The molecule has 0 radical (unpaired) electrons. The minimum absolute atomic E-state index is 0.145. The molecule has 0 bridgehead atoms. The highest BCUT2D eigenvalue weighted by atomic mass is 19.1. The number of amides is 1. The molecule has 2 aromatic rings. The highest BCUT2D eigenvalue weighted by molar-refractivity contribution is 6.02. The van der Waals surface area contributed by atoms with Crippen molar-refractivity contribution < 1.29 is 13.6 Å². The first kappa shape index (κ1) is 14.3. The fourth-order valence-electron chi connectivity index (χ4n) is 2.13. The SMILES string of the molecule is CCNNc1nc(-c2c(F)cncc2F)nc2c1C(=O)NC2. The molecule has 0 aromatic carbocycles. The fraction of sp³-hybridized carbons (Fsp3) is 0.231. The number of nitrogens with one attached hydrogen (secondary N) is 3. The van der Waals surface area contributed by atoms with Crippen LogP contribution in [0.25, 0.3) is 11.4 Å². The number of rotatable bonds is 4. The molecule has 1 aliphatic heterocycles. The summed E-state index contributed by atoms with van der Waals surface area (Å²) in [5.41, 5.74) is 5.82. The predicted molar refractivity (Wildman–Crippen MR) is 73.6 cm³/mol. The van der Waals surface area contributed by atoms with Crippen LogP contribution >= 0.6 is 0 Å². The summed E-state index contributed by atoms with van der Waals surface area (Å²) in [7, 11) is 0. The Morgan fingerprint density at radius 2 is 1.95 bits per heavy atom. The van der Waals surface area contributed by atoms with Gasteiger partial charge < -0.3 is 10.7 Å². The number of hydrogen-bond acceptors (Lipinski definition) is 6. The second-order valence-corrected chi connectivity index (χ2v) is 4.53. The number of carbonyl (C=O) groups excluding carboxylic acids is 1. The lowest BCUT2D eigenvalue weighted by atomic mass is 10.2. The Bertz CT molecular complexity index is 731. The van der Waals surface area contributed by atoms with Crippen molar-refractivity contribution in [3.05, 3.63) is 35.3 Å². The quantitative estimate of drug-likeness (QED) is 0.730. The van der Waals surface area contributed by atoms with Gasteiger partial charge in [-0.15, -0.1) is 0 Å². The Balaban J connectivity index is 2.16. The number of aromatic nitrogens is 3. The Morgan fingerprint density at radius 1 is 1.23 bits per heavy atom. The first-order chi connectivity index (χ1) is 10.6. The van der Waals surface area contributed by atoms with Crippen LogP contribution in [0, 0.1) is 11.6 Å². The third kappa shape index (κ3) is 2.35. The summed E-state index contributed by atoms with van der Waals surface area (Å²) in [4.78, 5) is 23.4. The topological polar surface area (TPSA) is 91.8 Å². The van der Waals surface area contributed by atoms with E-state index < -0.39 is 11.6 Å². The molecule has 114 valence electrons. The smallest absolute Gasteiger partial charge is 0.257 e. The highest BCUT2D eigenvalue weighted by Gasteiger charge is 2.28. The molecule has 2 aromatic heterocycles. The van der Waals surface area contributed by atoms with Crippen molar-refractivity contribution in [3.63, 3.8) is 0 Å². The van der Waals surface area contributed by atoms with Gasteiger partial charge in [0.2, 0.25) is 0 Å². The van der Waals surface area contributed by atoms with Crippen LogP contribution in [-0.2, 0) is 6.54 Å². The van der Waals surface area contributed by atoms with Crippen LogP contribution in [0.2, 0.25) is 0 Å². The number of nitrogens with zero attached hydrogens (tertiary/aromatic N) is 3. The van der Waals surface area contributed by atoms with Gasteiger partial charge in [0.25, 0.3) is 5.91 Å². The van der Waals surface area contributed by atoms with Gasteiger partial charge in [0.1, 0.15) is 5.56 Å². The fourth-order valence-corrected chi connectivity index (χ4v) is 2.13. The van der Waals surface area contributed by atoms with Crippen LogP contribution in [0.15, 0.2) is 12.4 Å². The van der Waals surface area contributed by atoms with E-state index in [1.54, 1.807) is 0 Å². The van der Waals surface area contributed by atoms with E-state index in [0.29, 0.717) is 12.2 Å². The standard InChI is InChI=1S/C13H12F2N6O/c1-2-18-21-12-10-8(5-17-13(10)22)19-11(20-12)9-6(14)3-16-4-7(9)15/h3-4,18H,2,5H2,1H3,(H,17,22)(H,19,20,21). The van der Waals surface area contributed by atoms with Gasteiger partial charge in [-0.25, -0.2) is 24.2 Å². The number of carbonyl (C=O) groups is 1. The first-order valence-corrected chi connectivity index (χ1v) is 6.59. The number of hydrazine groups is 1. The molecule has 0 unspecified atom stereocenters. The molecule has 3 N–H and O–H groups in total. The zero-order chi connectivity index (χ0) is 15.7. The van der Waals surface area contributed by atoms with Crippen molar-refractivity contribution in [1.29, 1.82) is 0 Å². The summed E-state index contributed by atoms with van der Waals surface area (Å²) in [6, 6.07) is 0. The predicted octanol–water partition coefficient (Wildman–Crippen LogP) is 0.997. The van der Waals surface area contributed by atoms with Gasteiger partial charge in [0.05, 0.1) is 30.2 Å². The van der Waals surface area contributed by atoms with Crippen LogP contribution in [0.5, 0.6) is 0 Å². The highest BCUT2D eigenvalue weighted by Crippen LogP contribution is 2.27. The third-order valence-electron chi connectivity index (χ3n) is 3.09. The Morgan fingerprint density at radius 3 is 2.64 bits per heavy atom. The molecule has 0 saturated heterocycles. The van der Waals surface area contributed by atoms with Crippen LogP contribution in [0.4, 0.5) is 14.6 Å². The number of hydrogen-bond donors (Lipinski definition) is 3. The van der Waals surface area contributed by atoms with E-state index in [2.05, 4.69) is 31.1 Å². The van der Waals surface area contributed by atoms with Crippen molar-refractivity contribution in [2.75, 3.05) is 12.0 Å². The van der Waals surface area contributed by atoms with E-state index >= 15 is 0 Å². The molecule has 9 heteroatoms. The maximum absolute atomic E-state index is 13.8. The number of fused-ring (bicyclic) bond motifs is 1. The molecule has 0 aliphatic carbocycles. The van der Waals surface area contributed by atoms with E-state index in [9.17, 15) is 13.6 Å². The van der Waals surface area contributed by atoms with Crippen LogP contribution in [0.3, 0.4) is 0 Å². The number of halogens is 2. The van der Waals surface area contributed by atoms with Gasteiger partial charge in [0.15, 0.2) is 23.3 Å². The monoisotopic (exact) mass is 306 g/mol. The Hall–Kier alpha value is -2.68. The van der Waals surface area contributed by atoms with Gasteiger partial charge in [-0.05, 0) is 0 Å². The normalized spacial score (nSPS) is 13.0. The number of pyridine rings is 1. The lowest BCUT2D eigenvalue weighted by molar-refractivity contribution is 0.0966. The molecule has 7 nitrogen and oxygen atoms in total. The van der Waals surface area contributed by atoms with Crippen LogP contribution in [0.1, 0.15) is 23.0 Å². The zero-order valence-electron chi connectivity index (χ0n) is 11.6. The molecule has 1 amide bonds. The summed E-state index contributed by atoms with van der Waals surface area (Å²) >= 11 is 0. The Kier molecular flexibility index (Phi) is 3.63. The second-order valence-electron chi connectivity index (χ2n) is 4.53. The van der Waals surface area contributed by atoms with E-state index in [0.717, 1.165) is 12.4 Å². The van der Waals surface area contributed by atoms with Gasteiger partial charge >= 0.3 is 0 Å². The molecule has 1 aliphatic rings. The van der Waals surface area contributed by atoms with Crippen molar-refractivity contribution in [2.45, 2.75) is 13.5 Å². The molecule has 0 saturated carbocycles. The summed E-state index contributed by atoms with van der Waals surface area (Å²) < 4.78 is 27.7. The average Bonchev–Trinajstić information content (AvgIpc) is 2.86. The lowest BCUT2D eigenvalue weighted by Gasteiger charge is -2.11. The van der Waals surface area contributed by atoms with Gasteiger partial charge in [-0.2, -0.15) is 0 Å². The van der Waals surface area contributed by atoms with Crippen molar-refractivity contribution in [2.24, 2.45) is 0 Å². The molecular weight excluding hydrogens is 294 g/mol. The van der Waals surface area contributed by atoms with E-state index in [-0.39, 0.29) is 35.2 Å². The summed E-state index contributed by atoms with van der Waals surface area (Å²) in [6.07, 6.45) is 1.77. The number of anilines is 1. The Labute approximate surface area is 124 Å². The minimum Gasteiger partial charge on any atom is -0.346 e. The zero-order valence-corrected chi connectivity index (χ0v) is 11.6. The van der Waals surface area contributed by atoms with Crippen LogP contribution < -0.4 is 16.2 Å². The third-order valence-corrected chi connectivity index (χ3v) is 3.09. The largest absolute Gasteiger partial charge is 0.346 e. The molecule has 3 rings (SSSR count). The van der Waals surface area contributed by atoms with Gasteiger partial charge in [-0.1, -0.05) is 6.92 Å². The van der Waals surface area contributed by atoms with Crippen molar-refractivity contribution >= 4 is 11.7 Å². The summed E-state index contributed by atoms with van der Waals surface area (Å²) in [5, 5.41) is 2.60. The molecular formula is C13H12F2N6O. The second kappa shape index (κ2) is 5.60. The maximum atomic E-state index is 13.8. The summed E-state index contributed by atoms with van der Waals surface area (Å²) in [6.45, 7) is 2.59. The molecule has 0 fully saturated rings. The minimum atomic E-state index is -0.869. The van der Waals surface area contributed by atoms with E-state index in [4.69, 9.17) is 0 Å². The molecule has 22 heavy (non-hydrogen) atoms. The van der Waals surface area contributed by atoms with Gasteiger partial charge in [-0.3, -0.25) is 9.78 Å². The van der Waals surface area contributed by atoms with Crippen molar-refractivity contribution in [1.82, 2.24) is 25.7 Å². The molecule has 3 heterocycles. The van der Waals surface area contributed by atoms with E-state index in [1.165, 1.54) is 0 Å². The van der Waals surface area contributed by atoms with Crippen LogP contribution in [-0.4, -0.2) is 27.4 Å². The molecule has 0 atom stereocenters. The first-order valence-electron chi connectivity index (χ1n) is 6.59. The van der Waals surface area contributed by atoms with Crippen molar-refractivity contribution in [3.8, 4) is 11.4 Å². The molecule has 0 spiro atoms. The van der Waals surface area contributed by atoms with Gasteiger partial charge in [0, 0.05) is 6.54 Å². The lowest BCUT2D eigenvalue weighted by Crippen LogP contribution is -2.24. The van der Waals surface area contributed by atoms with E-state index in [1.807, 2.05) is 6.92 Å².